The molecule has 0 bridgehead atoms. The molecule has 0 fully saturated rings. The number of benzene rings is 2. The average molecular weight is 316 g/mol. The number of nitrogens with zero attached hydrogens (tertiary/aromatic N) is 1. The summed E-state index contributed by atoms with van der Waals surface area (Å²) < 4.78 is 13.9. The van der Waals surface area contributed by atoms with E-state index in [0.717, 1.165) is 0 Å². The molecule has 3 rings (SSSR count). The fourth-order valence-corrected chi connectivity index (χ4v) is 2.32. The van der Waals surface area contributed by atoms with Gasteiger partial charge in [0.1, 0.15) is 11.6 Å². The van der Waals surface area contributed by atoms with E-state index < -0.39 is 5.82 Å². The molecule has 0 amide bonds. The summed E-state index contributed by atoms with van der Waals surface area (Å²) in [5.41, 5.74) is 2.31. The van der Waals surface area contributed by atoms with Crippen LogP contribution < -0.4 is 0 Å². The third-order valence-electron chi connectivity index (χ3n) is 3.26. The molecule has 6 heteroatoms. The van der Waals surface area contributed by atoms with Crippen molar-refractivity contribution in [1.82, 2.24) is 10.2 Å². The van der Waals surface area contributed by atoms with Crippen LogP contribution in [0.3, 0.4) is 0 Å². The van der Waals surface area contributed by atoms with Crippen molar-refractivity contribution in [3.8, 4) is 28.3 Å². The molecule has 3 N–H and O–H groups in total. The van der Waals surface area contributed by atoms with Crippen molar-refractivity contribution in [3.63, 3.8) is 0 Å². The van der Waals surface area contributed by atoms with Crippen molar-refractivity contribution in [2.75, 3.05) is 0 Å². The molecule has 1 heterocycles. The van der Waals surface area contributed by atoms with Crippen LogP contribution in [0.1, 0.15) is 5.56 Å². The summed E-state index contributed by atoms with van der Waals surface area (Å²) in [6, 6.07) is 10.6. The Kier molecular flexibility index (Phi) is 3.65. The van der Waals surface area contributed by atoms with Gasteiger partial charge in [-0.05, 0) is 48.0 Å². The van der Waals surface area contributed by atoms with Crippen LogP contribution in [0.2, 0.25) is 5.02 Å². The van der Waals surface area contributed by atoms with E-state index in [1.807, 2.05) is 0 Å². The number of rotatable bonds is 3. The molecule has 110 valence electrons. The van der Waals surface area contributed by atoms with Gasteiger partial charge in [-0.2, -0.15) is 5.10 Å². The highest BCUT2D eigenvalue weighted by Gasteiger charge is 2.13. The summed E-state index contributed by atoms with van der Waals surface area (Å²) in [6.07, 6.45) is 1.18. The molecule has 0 aliphatic carbocycles. The molecule has 0 aliphatic heterocycles. The van der Waals surface area contributed by atoms with E-state index in [4.69, 9.17) is 17.0 Å². The zero-order chi connectivity index (χ0) is 15.7. The Morgan fingerprint density at radius 1 is 1.14 bits per heavy atom. The Labute approximate surface area is 130 Å². The number of nitrogens with one attached hydrogen (secondary N) is 2. The van der Waals surface area contributed by atoms with Crippen LogP contribution in [0.15, 0.2) is 42.5 Å². The molecule has 0 aliphatic rings. The van der Waals surface area contributed by atoms with Gasteiger partial charge < -0.3 is 10.5 Å². The van der Waals surface area contributed by atoms with Gasteiger partial charge >= 0.3 is 0 Å². The second-order valence-electron chi connectivity index (χ2n) is 4.71. The Morgan fingerprint density at radius 3 is 2.73 bits per heavy atom. The van der Waals surface area contributed by atoms with Gasteiger partial charge in [0, 0.05) is 22.4 Å². The van der Waals surface area contributed by atoms with Gasteiger partial charge in [0.05, 0.1) is 11.4 Å². The highest BCUT2D eigenvalue weighted by molar-refractivity contribution is 6.30. The SMILES string of the molecule is N=Cc1ccc(O)c(-c2cc(-c3cc(Cl)ccc3F)n[nH]2)c1. The molecule has 0 radical (unpaired) electrons. The lowest BCUT2D eigenvalue weighted by molar-refractivity contribution is 0.477. The summed E-state index contributed by atoms with van der Waals surface area (Å²) in [5.74, 6) is -0.382. The van der Waals surface area contributed by atoms with Gasteiger partial charge in [-0.3, -0.25) is 5.10 Å². The van der Waals surface area contributed by atoms with Gasteiger partial charge in [-0.15, -0.1) is 0 Å². The predicted molar refractivity (Wildman–Crippen MR) is 84.0 cm³/mol. The van der Waals surface area contributed by atoms with Gasteiger partial charge in [0.25, 0.3) is 0 Å². The summed E-state index contributed by atoms with van der Waals surface area (Å²) >= 11 is 5.89. The van der Waals surface area contributed by atoms with Crippen molar-refractivity contribution in [2.24, 2.45) is 0 Å². The number of phenols is 1. The van der Waals surface area contributed by atoms with Crippen LogP contribution in [0.25, 0.3) is 22.5 Å². The fourth-order valence-electron chi connectivity index (χ4n) is 2.15. The van der Waals surface area contributed by atoms with Crippen LogP contribution >= 0.6 is 11.6 Å². The summed E-state index contributed by atoms with van der Waals surface area (Å²) in [7, 11) is 0. The Morgan fingerprint density at radius 2 is 1.95 bits per heavy atom. The lowest BCUT2D eigenvalue weighted by Gasteiger charge is -2.02. The van der Waals surface area contributed by atoms with E-state index >= 15 is 0 Å². The summed E-state index contributed by atoms with van der Waals surface area (Å²) in [6.45, 7) is 0. The van der Waals surface area contributed by atoms with Gasteiger partial charge in [0.15, 0.2) is 0 Å². The maximum absolute atomic E-state index is 13.9. The normalized spacial score (nSPS) is 10.6. The van der Waals surface area contributed by atoms with E-state index in [1.165, 1.54) is 30.5 Å². The second kappa shape index (κ2) is 5.61. The van der Waals surface area contributed by atoms with Crippen molar-refractivity contribution < 1.29 is 9.50 Å². The van der Waals surface area contributed by atoms with Crippen molar-refractivity contribution in [1.29, 1.82) is 5.41 Å². The van der Waals surface area contributed by atoms with E-state index in [9.17, 15) is 9.50 Å². The largest absolute Gasteiger partial charge is 0.507 e. The number of hydrogen-bond donors (Lipinski definition) is 3. The molecule has 4 nitrogen and oxygen atoms in total. The monoisotopic (exact) mass is 315 g/mol. The van der Waals surface area contributed by atoms with E-state index in [1.54, 1.807) is 18.2 Å². The molecule has 0 saturated carbocycles. The first-order valence-electron chi connectivity index (χ1n) is 6.43. The molecule has 0 unspecified atom stereocenters. The zero-order valence-corrected chi connectivity index (χ0v) is 12.0. The zero-order valence-electron chi connectivity index (χ0n) is 11.3. The first-order chi connectivity index (χ1) is 10.6. The molecule has 0 spiro atoms. The number of halogens is 2. The highest BCUT2D eigenvalue weighted by Crippen LogP contribution is 2.32. The molecule has 0 saturated heterocycles. The third kappa shape index (κ3) is 2.58. The first kappa shape index (κ1) is 14.3. The first-order valence-corrected chi connectivity index (χ1v) is 6.81. The smallest absolute Gasteiger partial charge is 0.132 e. The quantitative estimate of drug-likeness (QED) is 0.632. The minimum atomic E-state index is -0.431. The average Bonchev–Trinajstić information content (AvgIpc) is 2.99. The van der Waals surface area contributed by atoms with Crippen molar-refractivity contribution in [3.05, 3.63) is 58.9 Å². The number of aromatic amines is 1. The van der Waals surface area contributed by atoms with E-state index in [0.29, 0.717) is 27.5 Å². The minimum Gasteiger partial charge on any atom is -0.507 e. The lowest BCUT2D eigenvalue weighted by Crippen LogP contribution is -1.84. The summed E-state index contributed by atoms with van der Waals surface area (Å²) in [4.78, 5) is 0. The Hall–Kier alpha value is -2.66. The number of aromatic nitrogens is 2. The topological polar surface area (TPSA) is 72.8 Å². The molecule has 22 heavy (non-hydrogen) atoms. The molecule has 1 aromatic heterocycles. The van der Waals surface area contributed by atoms with Gasteiger partial charge in [-0.1, -0.05) is 11.6 Å². The van der Waals surface area contributed by atoms with Gasteiger partial charge in [-0.25, -0.2) is 4.39 Å². The molecule has 0 atom stereocenters. The van der Waals surface area contributed by atoms with Crippen LogP contribution in [0.5, 0.6) is 5.75 Å². The standard InChI is InChI=1S/C16H11ClFN3O/c17-10-2-3-13(18)11(6-10)14-7-15(21-20-14)12-5-9(8-19)1-4-16(12)22/h1-8,19,22H,(H,20,21). The second-order valence-corrected chi connectivity index (χ2v) is 5.15. The Bertz CT molecular complexity index is 860. The van der Waals surface area contributed by atoms with Gasteiger partial charge in [0.2, 0.25) is 0 Å². The van der Waals surface area contributed by atoms with Crippen LogP contribution in [0.4, 0.5) is 4.39 Å². The fraction of sp³-hybridized carbons (Fsp3) is 0. The maximum Gasteiger partial charge on any atom is 0.132 e. The molecular formula is C16H11ClFN3O. The minimum absolute atomic E-state index is 0.0485. The summed E-state index contributed by atoms with van der Waals surface area (Å²) in [5, 5.41) is 24.5. The lowest BCUT2D eigenvalue weighted by atomic mass is 10.1. The van der Waals surface area contributed by atoms with Crippen molar-refractivity contribution in [2.45, 2.75) is 0 Å². The number of hydrogen-bond acceptors (Lipinski definition) is 3. The number of H-pyrrole nitrogens is 1. The third-order valence-corrected chi connectivity index (χ3v) is 3.49. The molecule has 3 aromatic rings. The number of aromatic hydroxyl groups is 1. The molecular weight excluding hydrogens is 305 g/mol. The maximum atomic E-state index is 13.9. The van der Waals surface area contributed by atoms with Crippen LogP contribution in [-0.2, 0) is 0 Å². The molecule has 2 aromatic carbocycles. The predicted octanol–water partition coefficient (Wildman–Crippen LogP) is 4.24. The van der Waals surface area contributed by atoms with E-state index in [-0.39, 0.29) is 11.3 Å². The number of phenolic OH excluding ortho intramolecular Hbond substituents is 1. The van der Waals surface area contributed by atoms with E-state index in [2.05, 4.69) is 10.2 Å². The van der Waals surface area contributed by atoms with Crippen molar-refractivity contribution >= 4 is 17.8 Å². The van der Waals surface area contributed by atoms with Crippen LogP contribution in [0, 0.1) is 11.2 Å². The van der Waals surface area contributed by atoms with Crippen LogP contribution in [-0.4, -0.2) is 21.5 Å². The Balaban J connectivity index is 2.08. The highest BCUT2D eigenvalue weighted by atomic mass is 35.5.